The van der Waals surface area contributed by atoms with Crippen molar-refractivity contribution in [2.24, 2.45) is 5.92 Å². The molecular weight excluding hydrogens is 202 g/mol. The molecular formula is C9H19NO3S. The average molecular weight is 221 g/mol. The molecule has 0 aromatic heterocycles. The summed E-state index contributed by atoms with van der Waals surface area (Å²) in [6.45, 7) is 1.21. The molecule has 1 saturated carbocycles. The van der Waals surface area contributed by atoms with E-state index in [1.165, 1.54) is 19.1 Å². The van der Waals surface area contributed by atoms with E-state index < -0.39 is 9.84 Å². The fourth-order valence-electron chi connectivity index (χ4n) is 1.47. The second kappa shape index (κ2) is 5.09. The van der Waals surface area contributed by atoms with E-state index in [9.17, 15) is 8.42 Å². The number of sulfone groups is 1. The largest absolute Gasteiger partial charge is 0.383 e. The summed E-state index contributed by atoms with van der Waals surface area (Å²) >= 11 is 0. The summed E-state index contributed by atoms with van der Waals surface area (Å²) in [5, 5.41) is 3.23. The van der Waals surface area contributed by atoms with Gasteiger partial charge in [0.05, 0.1) is 12.4 Å². The summed E-state index contributed by atoms with van der Waals surface area (Å²) in [6, 6.07) is 0.335. The standard InChI is InChI=1S/C9H19NO3S/c1-13-7-9(8-3-4-8)10-5-6-14(2,11)12/h8-10H,3-7H2,1-2H3. The van der Waals surface area contributed by atoms with Crippen LogP contribution < -0.4 is 5.32 Å². The first-order valence-corrected chi connectivity index (χ1v) is 6.99. The van der Waals surface area contributed by atoms with E-state index in [1.807, 2.05) is 0 Å². The van der Waals surface area contributed by atoms with Crippen LogP contribution in [-0.4, -0.2) is 46.7 Å². The van der Waals surface area contributed by atoms with Crippen molar-refractivity contribution < 1.29 is 13.2 Å². The second-order valence-corrected chi connectivity index (χ2v) is 6.24. The van der Waals surface area contributed by atoms with Crippen molar-refractivity contribution in [2.75, 3.05) is 32.3 Å². The summed E-state index contributed by atoms with van der Waals surface area (Å²) in [5.41, 5.74) is 0. The molecule has 0 spiro atoms. The number of nitrogens with one attached hydrogen (secondary N) is 1. The van der Waals surface area contributed by atoms with Gasteiger partial charge in [0.15, 0.2) is 0 Å². The molecule has 1 atom stereocenters. The lowest BCUT2D eigenvalue weighted by Gasteiger charge is -2.16. The summed E-state index contributed by atoms with van der Waals surface area (Å²) in [4.78, 5) is 0. The first-order chi connectivity index (χ1) is 6.53. The maximum absolute atomic E-state index is 10.9. The molecule has 14 heavy (non-hydrogen) atoms. The molecule has 0 radical (unpaired) electrons. The Morgan fingerprint density at radius 2 is 2.14 bits per heavy atom. The van der Waals surface area contributed by atoms with Crippen LogP contribution in [-0.2, 0) is 14.6 Å². The van der Waals surface area contributed by atoms with Crippen LogP contribution in [0.5, 0.6) is 0 Å². The molecule has 5 heteroatoms. The molecule has 1 aliphatic carbocycles. The lowest BCUT2D eigenvalue weighted by atomic mass is 10.2. The van der Waals surface area contributed by atoms with Gasteiger partial charge in [-0.1, -0.05) is 0 Å². The predicted molar refractivity (Wildman–Crippen MR) is 56.1 cm³/mol. The van der Waals surface area contributed by atoms with E-state index in [2.05, 4.69) is 5.32 Å². The van der Waals surface area contributed by atoms with Crippen molar-refractivity contribution in [3.63, 3.8) is 0 Å². The quantitative estimate of drug-likeness (QED) is 0.660. The molecule has 0 aromatic carbocycles. The minimum atomic E-state index is -2.84. The zero-order valence-electron chi connectivity index (χ0n) is 8.82. The van der Waals surface area contributed by atoms with E-state index in [0.29, 0.717) is 25.1 Å². The molecule has 0 heterocycles. The zero-order valence-corrected chi connectivity index (χ0v) is 9.64. The average Bonchev–Trinajstić information content (AvgIpc) is 2.83. The van der Waals surface area contributed by atoms with E-state index in [4.69, 9.17) is 4.74 Å². The Labute approximate surface area is 85.9 Å². The Balaban J connectivity index is 2.19. The Bertz CT molecular complexity index is 259. The van der Waals surface area contributed by atoms with Crippen molar-refractivity contribution in [1.82, 2.24) is 5.32 Å². The van der Waals surface area contributed by atoms with Crippen LogP contribution in [0.15, 0.2) is 0 Å². The smallest absolute Gasteiger partial charge is 0.148 e. The molecule has 4 nitrogen and oxygen atoms in total. The van der Waals surface area contributed by atoms with Gasteiger partial charge in [0, 0.05) is 26.0 Å². The van der Waals surface area contributed by atoms with Crippen molar-refractivity contribution >= 4 is 9.84 Å². The monoisotopic (exact) mass is 221 g/mol. The summed E-state index contributed by atoms with van der Waals surface area (Å²) in [7, 11) is -1.17. The van der Waals surface area contributed by atoms with Crippen molar-refractivity contribution in [3.05, 3.63) is 0 Å². The molecule has 1 aliphatic rings. The lowest BCUT2D eigenvalue weighted by molar-refractivity contribution is 0.158. The lowest BCUT2D eigenvalue weighted by Crippen LogP contribution is -2.37. The van der Waals surface area contributed by atoms with Crippen molar-refractivity contribution in [3.8, 4) is 0 Å². The predicted octanol–water partition coefficient (Wildman–Crippen LogP) is 0.0456. The maximum atomic E-state index is 10.9. The molecule has 0 amide bonds. The third-order valence-corrected chi connectivity index (χ3v) is 3.36. The second-order valence-electron chi connectivity index (χ2n) is 3.98. The highest BCUT2D eigenvalue weighted by Crippen LogP contribution is 2.32. The SMILES string of the molecule is COCC(NCCS(C)(=O)=O)C1CC1. The van der Waals surface area contributed by atoms with Crippen LogP contribution >= 0.6 is 0 Å². The molecule has 1 rings (SSSR count). The maximum Gasteiger partial charge on any atom is 0.148 e. The summed E-state index contributed by atoms with van der Waals surface area (Å²) in [5.74, 6) is 0.898. The summed E-state index contributed by atoms with van der Waals surface area (Å²) in [6.07, 6.45) is 3.73. The first kappa shape index (κ1) is 11.9. The molecule has 1 N–H and O–H groups in total. The normalized spacial score (nSPS) is 19.6. The Hall–Kier alpha value is -0.130. The third-order valence-electron chi connectivity index (χ3n) is 2.42. The van der Waals surface area contributed by atoms with Crippen LogP contribution in [0.3, 0.4) is 0 Å². The van der Waals surface area contributed by atoms with Gasteiger partial charge in [0.1, 0.15) is 9.84 Å². The summed E-state index contributed by atoms with van der Waals surface area (Å²) < 4.78 is 26.8. The van der Waals surface area contributed by atoms with Gasteiger partial charge in [-0.2, -0.15) is 0 Å². The fourth-order valence-corrected chi connectivity index (χ4v) is 1.96. The highest BCUT2D eigenvalue weighted by atomic mass is 32.2. The van der Waals surface area contributed by atoms with Gasteiger partial charge in [0.25, 0.3) is 0 Å². The number of methoxy groups -OCH3 is 1. The molecule has 0 aromatic rings. The molecule has 0 saturated heterocycles. The number of hydrogen-bond acceptors (Lipinski definition) is 4. The molecule has 0 bridgehead atoms. The van der Waals surface area contributed by atoms with E-state index in [1.54, 1.807) is 7.11 Å². The van der Waals surface area contributed by atoms with Gasteiger partial charge in [0.2, 0.25) is 0 Å². The van der Waals surface area contributed by atoms with Crippen LogP contribution in [0, 0.1) is 5.92 Å². The Morgan fingerprint density at radius 3 is 2.57 bits per heavy atom. The van der Waals surface area contributed by atoms with E-state index in [-0.39, 0.29) is 5.75 Å². The number of rotatable bonds is 7. The Morgan fingerprint density at radius 1 is 1.50 bits per heavy atom. The highest BCUT2D eigenvalue weighted by molar-refractivity contribution is 7.90. The van der Waals surface area contributed by atoms with Gasteiger partial charge < -0.3 is 10.1 Å². The van der Waals surface area contributed by atoms with Gasteiger partial charge in [-0.15, -0.1) is 0 Å². The molecule has 84 valence electrons. The minimum absolute atomic E-state index is 0.208. The van der Waals surface area contributed by atoms with Crippen LogP contribution in [0.1, 0.15) is 12.8 Å². The van der Waals surface area contributed by atoms with Crippen LogP contribution in [0.2, 0.25) is 0 Å². The van der Waals surface area contributed by atoms with E-state index >= 15 is 0 Å². The van der Waals surface area contributed by atoms with Crippen LogP contribution in [0.4, 0.5) is 0 Å². The minimum Gasteiger partial charge on any atom is -0.383 e. The third kappa shape index (κ3) is 4.93. The van der Waals surface area contributed by atoms with Gasteiger partial charge in [-0.25, -0.2) is 8.42 Å². The van der Waals surface area contributed by atoms with Crippen molar-refractivity contribution in [1.29, 1.82) is 0 Å². The number of hydrogen-bond donors (Lipinski definition) is 1. The van der Waals surface area contributed by atoms with Crippen LogP contribution in [0.25, 0.3) is 0 Å². The first-order valence-electron chi connectivity index (χ1n) is 4.93. The number of ether oxygens (including phenoxy) is 1. The highest BCUT2D eigenvalue weighted by Gasteiger charge is 2.30. The van der Waals surface area contributed by atoms with Gasteiger partial charge in [-0.3, -0.25) is 0 Å². The Kier molecular flexibility index (Phi) is 4.34. The van der Waals surface area contributed by atoms with Crippen molar-refractivity contribution in [2.45, 2.75) is 18.9 Å². The van der Waals surface area contributed by atoms with Gasteiger partial charge in [-0.05, 0) is 18.8 Å². The molecule has 1 fully saturated rings. The van der Waals surface area contributed by atoms with Gasteiger partial charge >= 0.3 is 0 Å². The topological polar surface area (TPSA) is 55.4 Å². The fraction of sp³-hybridized carbons (Fsp3) is 1.00. The zero-order chi connectivity index (χ0) is 10.6. The van der Waals surface area contributed by atoms with E-state index in [0.717, 1.165) is 0 Å². The molecule has 1 unspecified atom stereocenters. The molecule has 0 aliphatic heterocycles.